The van der Waals surface area contributed by atoms with Gasteiger partial charge in [0.2, 0.25) is 5.88 Å². The van der Waals surface area contributed by atoms with Crippen molar-refractivity contribution in [3.63, 3.8) is 0 Å². The monoisotopic (exact) mass is 335 g/mol. The maximum atomic E-state index is 12.7. The van der Waals surface area contributed by atoms with E-state index in [9.17, 15) is 4.79 Å². The summed E-state index contributed by atoms with van der Waals surface area (Å²) in [4.78, 5) is 15.6. The third-order valence-corrected chi connectivity index (χ3v) is 4.89. The van der Waals surface area contributed by atoms with Crippen LogP contribution < -0.4 is 4.74 Å². The number of carbonyl (C=O) groups is 1. The molecule has 1 atom stereocenters. The fraction of sp³-hybridized carbons (Fsp3) is 0.400. The van der Waals surface area contributed by atoms with Gasteiger partial charge in [-0.3, -0.25) is 4.79 Å². The van der Waals surface area contributed by atoms with Gasteiger partial charge in [-0.25, -0.2) is 0 Å². The van der Waals surface area contributed by atoms with Crippen LogP contribution in [0.25, 0.3) is 0 Å². The van der Waals surface area contributed by atoms with Crippen LogP contribution in [0.3, 0.4) is 0 Å². The molecule has 0 radical (unpaired) electrons. The molecule has 1 aliphatic heterocycles. The van der Waals surface area contributed by atoms with Crippen molar-refractivity contribution < 1.29 is 9.53 Å². The predicted octanol–water partition coefficient (Wildman–Crippen LogP) is 2.94. The van der Waals surface area contributed by atoms with Crippen molar-refractivity contribution in [3.05, 3.63) is 36.0 Å². The molecule has 0 saturated carbocycles. The zero-order valence-electron chi connectivity index (χ0n) is 12.3. The van der Waals surface area contributed by atoms with Gasteiger partial charge < -0.3 is 9.64 Å². The lowest BCUT2D eigenvalue weighted by Crippen LogP contribution is -2.31. The lowest BCUT2D eigenvalue weighted by Gasteiger charge is -2.18. The quantitative estimate of drug-likeness (QED) is 0.786. The Hall–Kier alpha value is -1.60. The van der Waals surface area contributed by atoms with Crippen molar-refractivity contribution in [1.82, 2.24) is 13.6 Å². The molecule has 0 spiro atoms. The van der Waals surface area contributed by atoms with Gasteiger partial charge in [0.15, 0.2) is 0 Å². The van der Waals surface area contributed by atoms with Crippen molar-refractivity contribution in [2.45, 2.75) is 24.3 Å². The molecule has 1 amide bonds. The predicted molar refractivity (Wildman–Crippen MR) is 87.7 cm³/mol. The van der Waals surface area contributed by atoms with E-state index in [2.05, 4.69) is 15.7 Å². The summed E-state index contributed by atoms with van der Waals surface area (Å²) in [5.74, 6) is 1.58. The molecule has 7 heteroatoms. The average molecular weight is 335 g/mol. The highest BCUT2D eigenvalue weighted by molar-refractivity contribution is 7.99. The van der Waals surface area contributed by atoms with E-state index < -0.39 is 0 Å². The molecule has 3 rings (SSSR count). The number of amides is 1. The van der Waals surface area contributed by atoms with Gasteiger partial charge in [-0.1, -0.05) is 19.1 Å². The van der Waals surface area contributed by atoms with Crippen LogP contribution in [0, 0.1) is 0 Å². The highest BCUT2D eigenvalue weighted by atomic mass is 32.2. The maximum absolute atomic E-state index is 12.7. The Kier molecular flexibility index (Phi) is 4.94. The number of benzene rings is 1. The summed E-state index contributed by atoms with van der Waals surface area (Å²) < 4.78 is 13.7. The normalized spacial score (nSPS) is 17.7. The SMILES string of the molecule is CCSc1ccccc1C(=O)N1CCC(Oc2cnsn2)C1. The van der Waals surface area contributed by atoms with Crippen LogP contribution in [-0.2, 0) is 0 Å². The third kappa shape index (κ3) is 3.41. The Morgan fingerprint density at radius 3 is 3.14 bits per heavy atom. The van der Waals surface area contributed by atoms with E-state index in [-0.39, 0.29) is 12.0 Å². The van der Waals surface area contributed by atoms with Crippen LogP contribution in [0.5, 0.6) is 5.88 Å². The number of ether oxygens (including phenoxy) is 1. The van der Waals surface area contributed by atoms with E-state index in [4.69, 9.17) is 4.74 Å². The Morgan fingerprint density at radius 2 is 2.36 bits per heavy atom. The van der Waals surface area contributed by atoms with Gasteiger partial charge in [-0.15, -0.1) is 16.1 Å². The fourth-order valence-electron chi connectivity index (χ4n) is 2.48. The summed E-state index contributed by atoms with van der Waals surface area (Å²) in [5.41, 5.74) is 0.783. The van der Waals surface area contributed by atoms with Crippen LogP contribution in [0.2, 0.25) is 0 Å². The molecule has 1 aliphatic rings. The first-order valence-corrected chi connectivity index (χ1v) is 8.95. The molecule has 5 nitrogen and oxygen atoms in total. The molecule has 116 valence electrons. The van der Waals surface area contributed by atoms with Crippen LogP contribution in [0.4, 0.5) is 0 Å². The minimum absolute atomic E-state index is 0.00107. The number of thioether (sulfide) groups is 1. The standard InChI is InChI=1S/C15H17N3O2S2/c1-2-21-13-6-4-3-5-12(13)15(19)18-8-7-11(10-18)20-14-9-16-22-17-14/h3-6,9,11H,2,7-8,10H2,1H3. The first-order chi connectivity index (χ1) is 10.8. The first kappa shape index (κ1) is 15.3. The van der Waals surface area contributed by atoms with E-state index in [0.29, 0.717) is 19.0 Å². The van der Waals surface area contributed by atoms with Gasteiger partial charge in [0.25, 0.3) is 5.91 Å². The molecule has 1 unspecified atom stereocenters. The van der Waals surface area contributed by atoms with E-state index in [1.54, 1.807) is 18.0 Å². The highest BCUT2D eigenvalue weighted by Gasteiger charge is 2.29. The third-order valence-electron chi connectivity index (χ3n) is 3.48. The second kappa shape index (κ2) is 7.11. The van der Waals surface area contributed by atoms with Gasteiger partial charge in [-0.05, 0) is 17.9 Å². The van der Waals surface area contributed by atoms with Gasteiger partial charge in [-0.2, -0.15) is 4.37 Å². The van der Waals surface area contributed by atoms with E-state index in [1.807, 2.05) is 29.2 Å². The number of nitrogens with zero attached hydrogens (tertiary/aromatic N) is 3. The van der Waals surface area contributed by atoms with E-state index >= 15 is 0 Å². The second-order valence-electron chi connectivity index (χ2n) is 4.95. The molecular weight excluding hydrogens is 318 g/mol. The molecule has 2 heterocycles. The topological polar surface area (TPSA) is 55.3 Å². The molecule has 1 saturated heterocycles. The van der Waals surface area contributed by atoms with Gasteiger partial charge in [0.1, 0.15) is 12.3 Å². The van der Waals surface area contributed by atoms with Crippen molar-refractivity contribution in [1.29, 1.82) is 0 Å². The number of hydrogen-bond acceptors (Lipinski definition) is 6. The number of hydrogen-bond donors (Lipinski definition) is 0. The Morgan fingerprint density at radius 1 is 1.50 bits per heavy atom. The lowest BCUT2D eigenvalue weighted by molar-refractivity contribution is 0.0768. The molecule has 0 N–H and O–H groups in total. The van der Waals surface area contributed by atoms with Crippen LogP contribution in [-0.4, -0.2) is 44.5 Å². The molecule has 22 heavy (non-hydrogen) atoms. The molecule has 0 bridgehead atoms. The van der Waals surface area contributed by atoms with Crippen molar-refractivity contribution in [2.24, 2.45) is 0 Å². The first-order valence-electron chi connectivity index (χ1n) is 7.23. The molecule has 0 aliphatic carbocycles. The summed E-state index contributed by atoms with van der Waals surface area (Å²) in [5, 5.41) is 0. The number of likely N-dealkylation sites (tertiary alicyclic amines) is 1. The molecule has 1 aromatic heterocycles. The minimum atomic E-state index is -0.00107. The fourth-order valence-corrected chi connectivity index (χ4v) is 3.63. The maximum Gasteiger partial charge on any atom is 0.255 e. The van der Waals surface area contributed by atoms with E-state index in [0.717, 1.165) is 34.4 Å². The Balaban J connectivity index is 1.66. The van der Waals surface area contributed by atoms with Gasteiger partial charge >= 0.3 is 0 Å². The van der Waals surface area contributed by atoms with Crippen LogP contribution in [0.1, 0.15) is 23.7 Å². The van der Waals surface area contributed by atoms with Crippen LogP contribution >= 0.6 is 23.5 Å². The van der Waals surface area contributed by atoms with Gasteiger partial charge in [0, 0.05) is 17.9 Å². The summed E-state index contributed by atoms with van der Waals surface area (Å²) in [6.07, 6.45) is 2.44. The summed E-state index contributed by atoms with van der Waals surface area (Å²) in [6.45, 7) is 3.40. The lowest BCUT2D eigenvalue weighted by atomic mass is 10.2. The zero-order chi connectivity index (χ0) is 15.4. The second-order valence-corrected chi connectivity index (χ2v) is 6.82. The van der Waals surface area contributed by atoms with E-state index in [1.165, 1.54) is 0 Å². The average Bonchev–Trinajstić information content (AvgIpc) is 3.20. The largest absolute Gasteiger partial charge is 0.471 e. The number of carbonyl (C=O) groups excluding carboxylic acids is 1. The smallest absolute Gasteiger partial charge is 0.255 e. The minimum Gasteiger partial charge on any atom is -0.471 e. The summed E-state index contributed by atoms with van der Waals surface area (Å²) >= 11 is 2.82. The Labute approximate surface area is 138 Å². The van der Waals surface area contributed by atoms with Crippen LogP contribution in [0.15, 0.2) is 35.4 Å². The highest BCUT2D eigenvalue weighted by Crippen LogP contribution is 2.25. The van der Waals surface area contributed by atoms with Crippen molar-refractivity contribution >= 4 is 29.4 Å². The molecule has 1 fully saturated rings. The van der Waals surface area contributed by atoms with Gasteiger partial charge in [0.05, 0.1) is 23.8 Å². The molecular formula is C15H17N3O2S2. The Bertz CT molecular complexity index is 633. The van der Waals surface area contributed by atoms with Crippen molar-refractivity contribution in [2.75, 3.05) is 18.8 Å². The zero-order valence-corrected chi connectivity index (χ0v) is 13.9. The molecule has 2 aromatic rings. The molecule has 1 aromatic carbocycles. The summed E-state index contributed by atoms with van der Waals surface area (Å²) in [6, 6.07) is 7.79. The number of aromatic nitrogens is 2. The number of rotatable bonds is 5. The summed E-state index contributed by atoms with van der Waals surface area (Å²) in [7, 11) is 0. The van der Waals surface area contributed by atoms with Crippen molar-refractivity contribution in [3.8, 4) is 5.88 Å².